The van der Waals surface area contributed by atoms with Gasteiger partial charge in [0.2, 0.25) is 17.7 Å². The van der Waals surface area contributed by atoms with E-state index in [-0.39, 0.29) is 11.8 Å². The Morgan fingerprint density at radius 2 is 1.65 bits per heavy atom. The van der Waals surface area contributed by atoms with Gasteiger partial charge in [0.15, 0.2) is 0 Å². The van der Waals surface area contributed by atoms with Crippen molar-refractivity contribution in [2.24, 2.45) is 5.73 Å². The van der Waals surface area contributed by atoms with Crippen molar-refractivity contribution in [2.75, 3.05) is 13.1 Å². The van der Waals surface area contributed by atoms with Crippen LogP contribution in [0.5, 0.6) is 0 Å². The topological polar surface area (TPSA) is 83.7 Å². The Bertz CT molecular complexity index is 410. The van der Waals surface area contributed by atoms with Crippen molar-refractivity contribution < 1.29 is 14.4 Å². The molecule has 0 aromatic rings. The average Bonchev–Trinajstić information content (AvgIpc) is 3.07. The van der Waals surface area contributed by atoms with Gasteiger partial charge in [-0.25, -0.2) is 0 Å². The van der Waals surface area contributed by atoms with Gasteiger partial charge in [-0.3, -0.25) is 14.4 Å². The zero-order valence-corrected chi connectivity index (χ0v) is 12.0. The molecule has 0 aromatic carbocycles. The van der Waals surface area contributed by atoms with Gasteiger partial charge < -0.3 is 15.5 Å². The lowest BCUT2D eigenvalue weighted by Gasteiger charge is -2.30. The van der Waals surface area contributed by atoms with Crippen molar-refractivity contribution in [3.05, 3.63) is 0 Å². The number of hydrogen-bond acceptors (Lipinski definition) is 3. The van der Waals surface area contributed by atoms with Gasteiger partial charge in [-0.05, 0) is 32.1 Å². The third-order valence-corrected chi connectivity index (χ3v) is 4.19. The summed E-state index contributed by atoms with van der Waals surface area (Å²) in [6.45, 7) is 3.16. The van der Waals surface area contributed by atoms with Crippen LogP contribution >= 0.6 is 0 Å². The van der Waals surface area contributed by atoms with Gasteiger partial charge in [-0.2, -0.15) is 0 Å². The zero-order chi connectivity index (χ0) is 14.7. The van der Waals surface area contributed by atoms with E-state index in [1.165, 1.54) is 0 Å². The van der Waals surface area contributed by atoms with Crippen LogP contribution in [0.2, 0.25) is 0 Å². The normalized spacial score (nSPS) is 26.1. The predicted octanol–water partition coefficient (Wildman–Crippen LogP) is 0.254. The Morgan fingerprint density at radius 3 is 2.25 bits per heavy atom. The van der Waals surface area contributed by atoms with Gasteiger partial charge in [-0.1, -0.05) is 6.92 Å². The number of rotatable bonds is 4. The molecule has 6 heteroatoms. The molecule has 2 N–H and O–H groups in total. The van der Waals surface area contributed by atoms with E-state index in [1.54, 1.807) is 9.80 Å². The second-order valence-electron chi connectivity index (χ2n) is 5.59. The van der Waals surface area contributed by atoms with E-state index in [1.807, 2.05) is 6.92 Å². The van der Waals surface area contributed by atoms with Crippen molar-refractivity contribution in [1.29, 1.82) is 0 Å². The van der Waals surface area contributed by atoms with Crippen molar-refractivity contribution in [3.8, 4) is 0 Å². The highest BCUT2D eigenvalue weighted by Crippen LogP contribution is 2.25. The molecule has 2 aliphatic heterocycles. The molecule has 0 saturated carbocycles. The summed E-state index contributed by atoms with van der Waals surface area (Å²) in [5.74, 6) is -0.508. The fraction of sp³-hybridized carbons (Fsp3) is 0.786. The van der Waals surface area contributed by atoms with Crippen LogP contribution in [0.15, 0.2) is 0 Å². The number of amides is 3. The molecule has 0 bridgehead atoms. The number of nitrogens with two attached hydrogens (primary N) is 1. The summed E-state index contributed by atoms with van der Waals surface area (Å²) in [5.41, 5.74) is 5.35. The molecular weight excluding hydrogens is 258 g/mol. The maximum Gasteiger partial charge on any atom is 0.246 e. The average molecular weight is 281 g/mol. The van der Waals surface area contributed by atoms with E-state index in [9.17, 15) is 14.4 Å². The smallest absolute Gasteiger partial charge is 0.246 e. The van der Waals surface area contributed by atoms with Gasteiger partial charge in [0.1, 0.15) is 12.1 Å². The second kappa shape index (κ2) is 6.24. The van der Waals surface area contributed by atoms with E-state index in [0.717, 1.165) is 19.3 Å². The molecule has 2 aliphatic rings. The Morgan fingerprint density at radius 1 is 1.05 bits per heavy atom. The SMILES string of the molecule is CCCC(=O)N1CCC[C@H]1C(=O)N1CCC[C@H]1C(N)=O. The molecule has 112 valence electrons. The molecule has 2 saturated heterocycles. The molecule has 0 spiro atoms. The Kier molecular flexibility index (Phi) is 4.62. The molecule has 0 radical (unpaired) electrons. The first-order chi connectivity index (χ1) is 9.56. The minimum atomic E-state index is -0.494. The van der Waals surface area contributed by atoms with Crippen molar-refractivity contribution in [1.82, 2.24) is 9.80 Å². The van der Waals surface area contributed by atoms with Gasteiger partial charge in [-0.15, -0.1) is 0 Å². The first kappa shape index (κ1) is 14.8. The third-order valence-electron chi connectivity index (χ3n) is 4.19. The maximum absolute atomic E-state index is 12.6. The Labute approximate surface area is 119 Å². The minimum Gasteiger partial charge on any atom is -0.368 e. The molecule has 2 atom stereocenters. The predicted molar refractivity (Wildman–Crippen MR) is 73.6 cm³/mol. The van der Waals surface area contributed by atoms with Crippen LogP contribution in [0.25, 0.3) is 0 Å². The number of nitrogens with zero attached hydrogens (tertiary/aromatic N) is 2. The maximum atomic E-state index is 12.6. The Balaban J connectivity index is 2.07. The monoisotopic (exact) mass is 281 g/mol. The van der Waals surface area contributed by atoms with Gasteiger partial charge >= 0.3 is 0 Å². The van der Waals surface area contributed by atoms with E-state index in [4.69, 9.17) is 5.73 Å². The fourth-order valence-electron chi connectivity index (χ4n) is 3.20. The summed E-state index contributed by atoms with van der Waals surface area (Å²) in [6.07, 6.45) is 4.23. The fourth-order valence-corrected chi connectivity index (χ4v) is 3.20. The molecule has 2 heterocycles. The lowest BCUT2D eigenvalue weighted by Crippen LogP contribution is -2.52. The third kappa shape index (κ3) is 2.78. The first-order valence-corrected chi connectivity index (χ1v) is 7.45. The van der Waals surface area contributed by atoms with Crippen LogP contribution in [0, 0.1) is 0 Å². The molecule has 6 nitrogen and oxygen atoms in total. The number of likely N-dealkylation sites (tertiary alicyclic amines) is 2. The Hall–Kier alpha value is -1.59. The van der Waals surface area contributed by atoms with Gasteiger partial charge in [0.25, 0.3) is 0 Å². The molecule has 2 rings (SSSR count). The minimum absolute atomic E-state index is 0.0400. The highest BCUT2D eigenvalue weighted by molar-refractivity contribution is 5.92. The zero-order valence-electron chi connectivity index (χ0n) is 12.0. The lowest BCUT2D eigenvalue weighted by atomic mass is 10.1. The van der Waals surface area contributed by atoms with Crippen LogP contribution in [0.4, 0.5) is 0 Å². The molecule has 3 amide bonds. The molecule has 0 aromatic heterocycles. The number of primary amides is 1. The lowest BCUT2D eigenvalue weighted by molar-refractivity contribution is -0.146. The summed E-state index contributed by atoms with van der Waals surface area (Å²) < 4.78 is 0. The van der Waals surface area contributed by atoms with Crippen molar-refractivity contribution in [3.63, 3.8) is 0 Å². The molecule has 2 fully saturated rings. The van der Waals surface area contributed by atoms with Crippen LogP contribution in [-0.4, -0.2) is 52.7 Å². The standard InChI is InChI=1S/C14H23N3O3/c1-2-5-12(18)16-8-4-7-11(16)14(20)17-9-3-6-10(17)13(15)19/h10-11H,2-9H2,1H3,(H2,15,19)/t10-,11-/m0/s1. The van der Waals surface area contributed by atoms with E-state index in [2.05, 4.69) is 0 Å². The van der Waals surface area contributed by atoms with Gasteiger partial charge in [0.05, 0.1) is 0 Å². The molecular formula is C14H23N3O3. The number of carbonyl (C=O) groups is 3. The van der Waals surface area contributed by atoms with Crippen LogP contribution in [-0.2, 0) is 14.4 Å². The van der Waals surface area contributed by atoms with Crippen LogP contribution in [0.1, 0.15) is 45.4 Å². The summed E-state index contributed by atoms with van der Waals surface area (Å²) in [6, 6.07) is -0.889. The highest BCUT2D eigenvalue weighted by Gasteiger charge is 2.41. The molecule has 20 heavy (non-hydrogen) atoms. The van der Waals surface area contributed by atoms with Gasteiger partial charge in [0, 0.05) is 19.5 Å². The van der Waals surface area contributed by atoms with Crippen LogP contribution < -0.4 is 5.73 Å². The number of carbonyl (C=O) groups excluding carboxylic acids is 3. The van der Waals surface area contributed by atoms with Crippen molar-refractivity contribution >= 4 is 17.7 Å². The summed E-state index contributed by atoms with van der Waals surface area (Å²) >= 11 is 0. The quantitative estimate of drug-likeness (QED) is 0.802. The summed E-state index contributed by atoms with van der Waals surface area (Å²) in [7, 11) is 0. The highest BCUT2D eigenvalue weighted by atomic mass is 16.2. The van der Waals surface area contributed by atoms with Crippen molar-refractivity contribution in [2.45, 2.75) is 57.5 Å². The van der Waals surface area contributed by atoms with Crippen LogP contribution in [0.3, 0.4) is 0 Å². The summed E-state index contributed by atoms with van der Waals surface area (Å²) in [4.78, 5) is 39.3. The van der Waals surface area contributed by atoms with E-state index < -0.39 is 18.0 Å². The summed E-state index contributed by atoms with van der Waals surface area (Å²) in [5, 5.41) is 0. The first-order valence-electron chi connectivity index (χ1n) is 7.45. The number of hydrogen-bond donors (Lipinski definition) is 1. The second-order valence-corrected chi connectivity index (χ2v) is 5.59. The molecule has 0 unspecified atom stereocenters. The largest absolute Gasteiger partial charge is 0.368 e. The van der Waals surface area contributed by atoms with E-state index in [0.29, 0.717) is 32.4 Å². The molecule has 0 aliphatic carbocycles. The van der Waals surface area contributed by atoms with E-state index >= 15 is 0 Å².